The maximum absolute atomic E-state index is 12.6. The lowest BCUT2D eigenvalue weighted by molar-refractivity contribution is -0.119. The zero-order chi connectivity index (χ0) is 17.1. The highest BCUT2D eigenvalue weighted by Gasteiger charge is 2.23. The van der Waals surface area contributed by atoms with Crippen molar-refractivity contribution in [3.8, 4) is 5.82 Å². The summed E-state index contributed by atoms with van der Waals surface area (Å²) < 4.78 is 7.45. The molecule has 0 bridgehead atoms. The lowest BCUT2D eigenvalue weighted by Crippen LogP contribution is -2.22. The van der Waals surface area contributed by atoms with Crippen molar-refractivity contribution < 1.29 is 9.53 Å². The van der Waals surface area contributed by atoms with Gasteiger partial charge in [0.25, 0.3) is 0 Å². The summed E-state index contributed by atoms with van der Waals surface area (Å²) in [4.78, 5) is 16.9. The Morgan fingerprint density at radius 3 is 3.00 bits per heavy atom. The molecular formula is C19H18N4O2. The number of fused-ring (bicyclic) bond motifs is 1. The van der Waals surface area contributed by atoms with Crippen molar-refractivity contribution in [2.24, 2.45) is 0 Å². The average molecular weight is 334 g/mol. The van der Waals surface area contributed by atoms with Crippen molar-refractivity contribution >= 4 is 11.6 Å². The highest BCUT2D eigenvalue weighted by Crippen LogP contribution is 2.30. The normalized spacial score (nSPS) is 16.2. The van der Waals surface area contributed by atoms with E-state index in [-0.39, 0.29) is 18.4 Å². The second-order valence-electron chi connectivity index (χ2n) is 5.89. The van der Waals surface area contributed by atoms with Crippen LogP contribution in [0.5, 0.6) is 0 Å². The van der Waals surface area contributed by atoms with Crippen LogP contribution in [0.25, 0.3) is 5.82 Å². The fourth-order valence-electron chi connectivity index (χ4n) is 3.09. The third kappa shape index (κ3) is 3.29. The number of ether oxygens (including phenoxy) is 1. The van der Waals surface area contributed by atoms with E-state index in [9.17, 15) is 4.79 Å². The van der Waals surface area contributed by atoms with Crippen LogP contribution in [0.2, 0.25) is 0 Å². The van der Waals surface area contributed by atoms with Crippen LogP contribution in [0.4, 0.5) is 5.69 Å². The van der Waals surface area contributed by atoms with Gasteiger partial charge in [-0.05, 0) is 35.7 Å². The Hall–Kier alpha value is -2.99. The molecule has 1 amide bonds. The predicted octanol–water partition coefficient (Wildman–Crippen LogP) is 2.91. The Kier molecular flexibility index (Phi) is 4.26. The lowest BCUT2D eigenvalue weighted by atomic mass is 9.95. The summed E-state index contributed by atoms with van der Waals surface area (Å²) in [6.07, 6.45) is 6.08. The molecule has 4 rings (SSSR count). The van der Waals surface area contributed by atoms with Crippen LogP contribution in [0.15, 0.2) is 61.1 Å². The van der Waals surface area contributed by atoms with E-state index < -0.39 is 0 Å². The molecule has 3 aromatic rings. The molecule has 0 unspecified atom stereocenters. The fraction of sp³-hybridized carbons (Fsp3) is 0.211. The molecule has 6 heteroatoms. The molecule has 0 spiro atoms. The number of hydrogen-bond donors (Lipinski definition) is 1. The average Bonchev–Trinajstić information content (AvgIpc) is 3.17. The lowest BCUT2D eigenvalue weighted by Gasteiger charge is -2.25. The highest BCUT2D eigenvalue weighted by atomic mass is 16.5. The number of nitrogens with one attached hydrogen (secondary N) is 1. The van der Waals surface area contributed by atoms with Gasteiger partial charge >= 0.3 is 0 Å². The second-order valence-corrected chi connectivity index (χ2v) is 5.89. The number of benzene rings is 1. The van der Waals surface area contributed by atoms with E-state index in [0.29, 0.717) is 18.1 Å². The summed E-state index contributed by atoms with van der Waals surface area (Å²) in [7, 11) is 0. The number of aromatic nitrogens is 3. The van der Waals surface area contributed by atoms with E-state index >= 15 is 0 Å². The van der Waals surface area contributed by atoms with Gasteiger partial charge in [0, 0.05) is 18.6 Å². The van der Waals surface area contributed by atoms with E-state index in [1.54, 1.807) is 29.3 Å². The maximum Gasteiger partial charge on any atom is 0.227 e. The van der Waals surface area contributed by atoms with Gasteiger partial charge in [-0.1, -0.05) is 24.3 Å². The molecule has 0 radical (unpaired) electrons. The van der Waals surface area contributed by atoms with Gasteiger partial charge in [-0.15, -0.1) is 0 Å². The van der Waals surface area contributed by atoms with Gasteiger partial charge in [0.05, 0.1) is 24.8 Å². The van der Waals surface area contributed by atoms with Crippen LogP contribution in [0.1, 0.15) is 23.7 Å². The molecule has 0 saturated heterocycles. The number of pyridine rings is 1. The van der Waals surface area contributed by atoms with E-state index in [2.05, 4.69) is 21.5 Å². The van der Waals surface area contributed by atoms with Gasteiger partial charge in [0.15, 0.2) is 5.82 Å². The first kappa shape index (κ1) is 15.5. The quantitative estimate of drug-likeness (QED) is 0.796. The van der Waals surface area contributed by atoms with Gasteiger partial charge in [0.1, 0.15) is 0 Å². The predicted molar refractivity (Wildman–Crippen MR) is 93.4 cm³/mol. The Labute approximate surface area is 145 Å². The van der Waals surface area contributed by atoms with Crippen molar-refractivity contribution in [3.63, 3.8) is 0 Å². The van der Waals surface area contributed by atoms with Crippen LogP contribution in [-0.2, 0) is 16.0 Å². The number of nitrogens with zero attached hydrogens (tertiary/aromatic N) is 3. The number of amides is 1. The third-order valence-corrected chi connectivity index (χ3v) is 4.25. The Morgan fingerprint density at radius 2 is 2.12 bits per heavy atom. The topological polar surface area (TPSA) is 69.0 Å². The zero-order valence-electron chi connectivity index (χ0n) is 13.6. The number of carbonyl (C=O) groups excluding carboxylic acids is 1. The number of rotatable bonds is 4. The summed E-state index contributed by atoms with van der Waals surface area (Å²) in [5, 5.41) is 7.11. The van der Waals surface area contributed by atoms with Gasteiger partial charge < -0.3 is 10.1 Å². The van der Waals surface area contributed by atoms with Gasteiger partial charge in [0.2, 0.25) is 5.91 Å². The summed E-state index contributed by atoms with van der Waals surface area (Å²) >= 11 is 0. The van der Waals surface area contributed by atoms with Crippen molar-refractivity contribution in [2.45, 2.75) is 18.9 Å². The monoisotopic (exact) mass is 334 g/mol. The molecule has 1 aromatic carbocycles. The van der Waals surface area contributed by atoms with Crippen molar-refractivity contribution in [2.75, 3.05) is 11.9 Å². The number of anilines is 1. The van der Waals surface area contributed by atoms with Crippen LogP contribution < -0.4 is 5.32 Å². The molecule has 1 aliphatic rings. The molecule has 25 heavy (non-hydrogen) atoms. The Bertz CT molecular complexity index is 877. The molecular weight excluding hydrogens is 316 g/mol. The standard InChI is InChI=1S/C19H18N4O2/c24-18(13-17-15-6-2-1-5-14(15)8-12-25-17)22-16-7-3-9-20-19(16)23-11-4-10-21-23/h1-7,9-11,17H,8,12-13H2,(H,22,24)/t17-/m1/s1. The summed E-state index contributed by atoms with van der Waals surface area (Å²) in [6, 6.07) is 13.5. The second kappa shape index (κ2) is 6.86. The van der Waals surface area contributed by atoms with Crippen molar-refractivity contribution in [1.29, 1.82) is 0 Å². The first-order chi connectivity index (χ1) is 12.3. The number of carbonyl (C=O) groups is 1. The smallest absolute Gasteiger partial charge is 0.227 e. The van der Waals surface area contributed by atoms with Gasteiger partial charge in [-0.25, -0.2) is 9.67 Å². The summed E-state index contributed by atoms with van der Waals surface area (Å²) in [6.45, 7) is 0.639. The number of hydrogen-bond acceptors (Lipinski definition) is 4. The maximum atomic E-state index is 12.6. The molecule has 3 heterocycles. The molecule has 1 atom stereocenters. The van der Waals surface area contributed by atoms with Gasteiger partial charge in [-0.3, -0.25) is 4.79 Å². The van der Waals surface area contributed by atoms with E-state index in [0.717, 1.165) is 12.0 Å². The van der Waals surface area contributed by atoms with E-state index in [1.165, 1.54) is 5.56 Å². The van der Waals surface area contributed by atoms with Crippen molar-refractivity contribution in [1.82, 2.24) is 14.8 Å². The minimum Gasteiger partial charge on any atom is -0.373 e. The first-order valence-electron chi connectivity index (χ1n) is 8.25. The van der Waals surface area contributed by atoms with Crippen LogP contribution in [0.3, 0.4) is 0 Å². The van der Waals surface area contributed by atoms with Crippen LogP contribution >= 0.6 is 0 Å². The molecule has 0 aliphatic carbocycles. The minimum atomic E-state index is -0.213. The van der Waals surface area contributed by atoms with E-state index in [1.807, 2.05) is 30.3 Å². The fourth-order valence-corrected chi connectivity index (χ4v) is 3.09. The molecule has 126 valence electrons. The molecule has 1 N–H and O–H groups in total. The van der Waals surface area contributed by atoms with Crippen LogP contribution in [-0.4, -0.2) is 27.3 Å². The molecule has 0 saturated carbocycles. The molecule has 0 fully saturated rings. The molecule has 2 aromatic heterocycles. The highest BCUT2D eigenvalue weighted by molar-refractivity contribution is 5.92. The zero-order valence-corrected chi connectivity index (χ0v) is 13.6. The van der Waals surface area contributed by atoms with Crippen LogP contribution in [0, 0.1) is 0 Å². The summed E-state index contributed by atoms with van der Waals surface area (Å²) in [5.74, 6) is 0.480. The SMILES string of the molecule is O=C(C[C@H]1OCCc2ccccc21)Nc1cccnc1-n1cccn1. The largest absolute Gasteiger partial charge is 0.373 e. The Balaban J connectivity index is 1.51. The van der Waals surface area contributed by atoms with Crippen molar-refractivity contribution in [3.05, 3.63) is 72.2 Å². The third-order valence-electron chi connectivity index (χ3n) is 4.25. The molecule has 6 nitrogen and oxygen atoms in total. The summed E-state index contributed by atoms with van der Waals surface area (Å²) in [5.41, 5.74) is 2.98. The minimum absolute atomic E-state index is 0.108. The Morgan fingerprint density at radius 1 is 1.20 bits per heavy atom. The van der Waals surface area contributed by atoms with E-state index in [4.69, 9.17) is 4.74 Å². The van der Waals surface area contributed by atoms with Gasteiger partial charge in [-0.2, -0.15) is 5.10 Å². The first-order valence-corrected chi connectivity index (χ1v) is 8.25. The molecule has 1 aliphatic heterocycles.